The summed E-state index contributed by atoms with van der Waals surface area (Å²) < 4.78 is 43.8. The largest absolute Gasteiger partial charge is 0.465 e. The number of hydrogen-bond donors (Lipinski definition) is 1. The Bertz CT molecular complexity index is 442. The van der Waals surface area contributed by atoms with Crippen molar-refractivity contribution in [3.8, 4) is 0 Å². The zero-order chi connectivity index (χ0) is 14.6. The van der Waals surface area contributed by atoms with Crippen molar-refractivity contribution in [2.45, 2.75) is 32.9 Å². The Morgan fingerprint density at radius 1 is 1.26 bits per heavy atom. The molecule has 0 fully saturated rings. The molecular weight excluding hydrogens is 259 g/mol. The highest BCUT2D eigenvalue weighted by Gasteiger charge is 2.19. The highest BCUT2D eigenvalue weighted by Crippen LogP contribution is 2.19. The van der Waals surface area contributed by atoms with E-state index in [-0.39, 0.29) is 12.2 Å². The van der Waals surface area contributed by atoms with Crippen molar-refractivity contribution in [2.24, 2.45) is 0 Å². The second-order valence-corrected chi connectivity index (χ2v) is 4.16. The van der Waals surface area contributed by atoms with Crippen LogP contribution < -0.4 is 5.32 Å². The van der Waals surface area contributed by atoms with Crippen molar-refractivity contribution in [1.82, 2.24) is 5.32 Å². The molecule has 1 aromatic carbocycles. The summed E-state index contributed by atoms with van der Waals surface area (Å²) in [5, 5.41) is 2.82. The van der Waals surface area contributed by atoms with E-state index in [1.54, 1.807) is 20.8 Å². The summed E-state index contributed by atoms with van der Waals surface area (Å²) in [6.07, 6.45) is 0. The molecule has 1 rings (SSSR count). The Kier molecular flexibility index (Phi) is 5.35. The van der Waals surface area contributed by atoms with Crippen LogP contribution in [0, 0.1) is 17.5 Å². The van der Waals surface area contributed by atoms with Gasteiger partial charge >= 0.3 is 5.97 Å². The van der Waals surface area contributed by atoms with E-state index in [9.17, 15) is 18.0 Å². The maximum absolute atomic E-state index is 13.1. The lowest BCUT2D eigenvalue weighted by Crippen LogP contribution is -2.37. The van der Waals surface area contributed by atoms with E-state index in [4.69, 9.17) is 4.74 Å². The van der Waals surface area contributed by atoms with Gasteiger partial charge in [0.1, 0.15) is 6.04 Å². The summed E-state index contributed by atoms with van der Waals surface area (Å²) in [4.78, 5) is 11.4. The van der Waals surface area contributed by atoms with E-state index in [2.05, 4.69) is 5.32 Å². The second-order valence-electron chi connectivity index (χ2n) is 4.16. The molecule has 0 heterocycles. The lowest BCUT2D eigenvalue weighted by Gasteiger charge is -2.19. The molecule has 106 valence electrons. The SMILES string of the molecule is CCOC(=O)[C@H](C)N[C@@H](C)c1cc(F)c(F)c(F)c1. The fraction of sp³-hybridized carbons (Fsp3) is 0.462. The third-order valence-electron chi connectivity index (χ3n) is 2.65. The van der Waals surface area contributed by atoms with Gasteiger partial charge in [-0.1, -0.05) is 0 Å². The van der Waals surface area contributed by atoms with E-state index in [0.717, 1.165) is 12.1 Å². The maximum Gasteiger partial charge on any atom is 0.322 e. The van der Waals surface area contributed by atoms with Crippen molar-refractivity contribution in [3.63, 3.8) is 0 Å². The van der Waals surface area contributed by atoms with Crippen LogP contribution in [0.3, 0.4) is 0 Å². The molecule has 0 unspecified atom stereocenters. The van der Waals surface area contributed by atoms with E-state index in [0.29, 0.717) is 0 Å². The van der Waals surface area contributed by atoms with Crippen molar-refractivity contribution in [2.75, 3.05) is 6.61 Å². The van der Waals surface area contributed by atoms with Gasteiger partial charge in [0.15, 0.2) is 17.5 Å². The number of halogens is 3. The highest BCUT2D eigenvalue weighted by atomic mass is 19.2. The van der Waals surface area contributed by atoms with Crippen LogP contribution in [0.1, 0.15) is 32.4 Å². The number of ether oxygens (including phenoxy) is 1. The third kappa shape index (κ3) is 3.96. The van der Waals surface area contributed by atoms with E-state index >= 15 is 0 Å². The van der Waals surface area contributed by atoms with Crippen LogP contribution in [0.4, 0.5) is 13.2 Å². The number of esters is 1. The molecule has 0 bridgehead atoms. The van der Waals surface area contributed by atoms with Crippen LogP contribution in [-0.4, -0.2) is 18.6 Å². The van der Waals surface area contributed by atoms with Crippen molar-refractivity contribution >= 4 is 5.97 Å². The van der Waals surface area contributed by atoms with Gasteiger partial charge in [-0.15, -0.1) is 0 Å². The smallest absolute Gasteiger partial charge is 0.322 e. The predicted molar refractivity (Wildman–Crippen MR) is 64.0 cm³/mol. The average Bonchev–Trinajstić information content (AvgIpc) is 2.35. The molecular formula is C13H16F3NO2. The van der Waals surface area contributed by atoms with Crippen molar-refractivity contribution in [1.29, 1.82) is 0 Å². The Balaban J connectivity index is 2.78. The standard InChI is InChI=1S/C13H16F3NO2/c1-4-19-13(18)8(3)17-7(2)9-5-10(14)12(16)11(15)6-9/h5-8,17H,4H2,1-3H3/t7-,8-/m0/s1. The van der Waals surface area contributed by atoms with Crippen LogP contribution in [0.25, 0.3) is 0 Å². The first-order valence-electron chi connectivity index (χ1n) is 5.94. The Labute approximate surface area is 109 Å². The molecule has 0 spiro atoms. The van der Waals surface area contributed by atoms with Crippen molar-refractivity contribution < 1.29 is 22.7 Å². The summed E-state index contributed by atoms with van der Waals surface area (Å²) in [6.45, 7) is 5.12. The summed E-state index contributed by atoms with van der Waals surface area (Å²) >= 11 is 0. The molecule has 0 aliphatic carbocycles. The number of carbonyl (C=O) groups is 1. The number of carbonyl (C=O) groups excluding carboxylic acids is 1. The molecule has 6 heteroatoms. The molecule has 2 atom stereocenters. The van der Waals surface area contributed by atoms with Crippen LogP contribution in [0.5, 0.6) is 0 Å². The number of hydrogen-bond acceptors (Lipinski definition) is 3. The molecule has 0 saturated carbocycles. The molecule has 0 radical (unpaired) electrons. The lowest BCUT2D eigenvalue weighted by atomic mass is 10.1. The van der Waals surface area contributed by atoms with Crippen LogP contribution in [0.2, 0.25) is 0 Å². The zero-order valence-corrected chi connectivity index (χ0v) is 11.0. The fourth-order valence-electron chi connectivity index (χ4n) is 1.63. The molecule has 0 aliphatic heterocycles. The quantitative estimate of drug-likeness (QED) is 0.663. The second kappa shape index (κ2) is 6.56. The normalized spacial score (nSPS) is 14.0. The molecule has 0 aliphatic rings. The minimum atomic E-state index is -1.51. The van der Waals surface area contributed by atoms with Gasteiger partial charge in [0, 0.05) is 6.04 Å². The van der Waals surface area contributed by atoms with Crippen LogP contribution in [-0.2, 0) is 9.53 Å². The van der Waals surface area contributed by atoms with Crippen LogP contribution in [0.15, 0.2) is 12.1 Å². The first-order chi connectivity index (χ1) is 8.86. The Morgan fingerprint density at radius 2 is 1.79 bits per heavy atom. The minimum absolute atomic E-state index is 0.215. The number of nitrogens with one attached hydrogen (secondary N) is 1. The van der Waals surface area contributed by atoms with Gasteiger partial charge in [0.25, 0.3) is 0 Å². The summed E-state index contributed by atoms with van der Waals surface area (Å²) in [7, 11) is 0. The molecule has 0 saturated heterocycles. The monoisotopic (exact) mass is 275 g/mol. The fourth-order valence-corrected chi connectivity index (χ4v) is 1.63. The maximum atomic E-state index is 13.1. The average molecular weight is 275 g/mol. The van der Waals surface area contributed by atoms with Gasteiger partial charge in [-0.05, 0) is 38.5 Å². The molecule has 19 heavy (non-hydrogen) atoms. The molecule has 0 aromatic heterocycles. The van der Waals surface area contributed by atoms with Gasteiger partial charge in [-0.2, -0.15) is 0 Å². The van der Waals surface area contributed by atoms with Gasteiger partial charge in [0.2, 0.25) is 0 Å². The topological polar surface area (TPSA) is 38.3 Å². The predicted octanol–water partition coefficient (Wildman–Crippen LogP) is 2.71. The molecule has 0 amide bonds. The van der Waals surface area contributed by atoms with E-state index in [1.807, 2.05) is 0 Å². The van der Waals surface area contributed by atoms with Gasteiger partial charge in [0.05, 0.1) is 6.61 Å². The molecule has 3 nitrogen and oxygen atoms in total. The van der Waals surface area contributed by atoms with E-state index in [1.165, 1.54) is 0 Å². The molecule has 1 N–H and O–H groups in total. The number of rotatable bonds is 5. The van der Waals surface area contributed by atoms with Crippen molar-refractivity contribution in [3.05, 3.63) is 35.1 Å². The first kappa shape index (κ1) is 15.5. The molecule has 1 aromatic rings. The summed E-state index contributed by atoms with van der Waals surface area (Å²) in [6, 6.07) is 0.636. The minimum Gasteiger partial charge on any atom is -0.465 e. The van der Waals surface area contributed by atoms with Crippen LogP contribution >= 0.6 is 0 Å². The van der Waals surface area contributed by atoms with Gasteiger partial charge in [-0.3, -0.25) is 10.1 Å². The first-order valence-corrected chi connectivity index (χ1v) is 5.94. The summed E-state index contributed by atoms with van der Waals surface area (Å²) in [5.41, 5.74) is 0.215. The Hall–Kier alpha value is -1.56. The van der Waals surface area contributed by atoms with Gasteiger partial charge in [-0.25, -0.2) is 13.2 Å². The number of benzene rings is 1. The van der Waals surface area contributed by atoms with Gasteiger partial charge < -0.3 is 4.74 Å². The Morgan fingerprint density at radius 3 is 2.26 bits per heavy atom. The lowest BCUT2D eigenvalue weighted by molar-refractivity contribution is -0.145. The zero-order valence-electron chi connectivity index (χ0n) is 11.0. The highest BCUT2D eigenvalue weighted by molar-refractivity contribution is 5.75. The summed E-state index contributed by atoms with van der Waals surface area (Å²) in [5.74, 6) is -4.48. The third-order valence-corrected chi connectivity index (χ3v) is 2.65. The van der Waals surface area contributed by atoms with E-state index < -0.39 is 35.5 Å².